The summed E-state index contributed by atoms with van der Waals surface area (Å²) < 4.78 is 10.2. The third-order valence-corrected chi connectivity index (χ3v) is 3.41. The Kier molecular flexibility index (Phi) is 7.22. The molecule has 1 rings (SSSR count). The van der Waals surface area contributed by atoms with Gasteiger partial charge in [0.15, 0.2) is 0 Å². The monoisotopic (exact) mass is 281 g/mol. The molecular weight excluding hydrogens is 258 g/mol. The van der Waals surface area contributed by atoms with E-state index in [0.717, 1.165) is 5.56 Å². The maximum absolute atomic E-state index is 11.7. The summed E-state index contributed by atoms with van der Waals surface area (Å²) in [5, 5.41) is 9.58. The highest BCUT2D eigenvalue weighted by molar-refractivity contribution is 5.81. The first-order valence-corrected chi connectivity index (χ1v) is 6.73. The van der Waals surface area contributed by atoms with Crippen LogP contribution < -0.4 is 5.73 Å². The number of hydrogen-bond donors (Lipinski definition) is 2. The number of carboxylic acids is 1. The van der Waals surface area contributed by atoms with Crippen LogP contribution in [0.25, 0.3) is 0 Å². The Morgan fingerprint density at radius 3 is 2.50 bits per heavy atom. The topological polar surface area (TPSA) is 81.8 Å². The van der Waals surface area contributed by atoms with E-state index < -0.39 is 11.4 Å². The van der Waals surface area contributed by atoms with Crippen molar-refractivity contribution in [3.63, 3.8) is 0 Å². The van der Waals surface area contributed by atoms with E-state index in [4.69, 9.17) is 15.2 Å². The molecule has 1 atom stereocenters. The molecule has 0 aliphatic rings. The van der Waals surface area contributed by atoms with Gasteiger partial charge in [-0.3, -0.25) is 4.79 Å². The lowest BCUT2D eigenvalue weighted by Crippen LogP contribution is -2.43. The SMILES string of the molecule is COCCOCCCC(CN)(C(=O)O)c1ccccc1. The van der Waals surface area contributed by atoms with Crippen LogP contribution >= 0.6 is 0 Å². The van der Waals surface area contributed by atoms with Crippen LogP contribution in [-0.2, 0) is 19.7 Å². The number of ether oxygens (including phenoxy) is 2. The number of rotatable bonds is 10. The summed E-state index contributed by atoms with van der Waals surface area (Å²) in [6.07, 6.45) is 1.10. The fourth-order valence-electron chi connectivity index (χ4n) is 2.16. The smallest absolute Gasteiger partial charge is 0.315 e. The Labute approximate surface area is 119 Å². The second-order valence-electron chi connectivity index (χ2n) is 4.67. The van der Waals surface area contributed by atoms with Gasteiger partial charge in [0.1, 0.15) is 5.41 Å². The highest BCUT2D eigenvalue weighted by Gasteiger charge is 2.38. The highest BCUT2D eigenvalue weighted by Crippen LogP contribution is 2.29. The van der Waals surface area contributed by atoms with E-state index in [1.165, 1.54) is 0 Å². The van der Waals surface area contributed by atoms with Crippen LogP contribution in [0.1, 0.15) is 18.4 Å². The molecular formula is C15H23NO4. The zero-order chi connectivity index (χ0) is 14.8. The van der Waals surface area contributed by atoms with Crippen molar-refractivity contribution < 1.29 is 19.4 Å². The van der Waals surface area contributed by atoms with E-state index in [0.29, 0.717) is 32.7 Å². The third-order valence-electron chi connectivity index (χ3n) is 3.41. The van der Waals surface area contributed by atoms with Gasteiger partial charge in [-0.1, -0.05) is 30.3 Å². The van der Waals surface area contributed by atoms with Crippen molar-refractivity contribution in [3.8, 4) is 0 Å². The van der Waals surface area contributed by atoms with Gasteiger partial charge in [0.05, 0.1) is 13.2 Å². The van der Waals surface area contributed by atoms with Crippen molar-refractivity contribution in [2.24, 2.45) is 5.73 Å². The number of aliphatic carboxylic acids is 1. The number of carbonyl (C=O) groups is 1. The largest absolute Gasteiger partial charge is 0.481 e. The fourth-order valence-corrected chi connectivity index (χ4v) is 2.16. The number of methoxy groups -OCH3 is 1. The summed E-state index contributed by atoms with van der Waals surface area (Å²) in [5.41, 5.74) is 5.47. The maximum Gasteiger partial charge on any atom is 0.315 e. The van der Waals surface area contributed by atoms with Crippen molar-refractivity contribution in [3.05, 3.63) is 35.9 Å². The highest BCUT2D eigenvalue weighted by atomic mass is 16.5. The van der Waals surface area contributed by atoms with E-state index in [-0.39, 0.29) is 6.54 Å². The van der Waals surface area contributed by atoms with Gasteiger partial charge < -0.3 is 20.3 Å². The Hall–Kier alpha value is -1.43. The summed E-state index contributed by atoms with van der Waals surface area (Å²) in [7, 11) is 1.61. The predicted molar refractivity (Wildman–Crippen MR) is 76.7 cm³/mol. The third kappa shape index (κ3) is 4.30. The van der Waals surface area contributed by atoms with E-state index in [1.54, 1.807) is 7.11 Å². The van der Waals surface area contributed by atoms with Gasteiger partial charge in [-0.15, -0.1) is 0 Å². The van der Waals surface area contributed by atoms with Crippen molar-refractivity contribution in [1.29, 1.82) is 0 Å². The molecule has 0 spiro atoms. The van der Waals surface area contributed by atoms with Crippen LogP contribution in [0.5, 0.6) is 0 Å². The minimum atomic E-state index is -1.04. The average molecular weight is 281 g/mol. The van der Waals surface area contributed by atoms with Gasteiger partial charge in [0, 0.05) is 20.3 Å². The fraction of sp³-hybridized carbons (Fsp3) is 0.533. The van der Waals surface area contributed by atoms with E-state index in [1.807, 2.05) is 30.3 Å². The molecule has 20 heavy (non-hydrogen) atoms. The van der Waals surface area contributed by atoms with Gasteiger partial charge in [-0.25, -0.2) is 0 Å². The molecule has 0 saturated heterocycles. The predicted octanol–water partition coefficient (Wildman–Crippen LogP) is 1.41. The van der Waals surface area contributed by atoms with Crippen molar-refractivity contribution in [1.82, 2.24) is 0 Å². The van der Waals surface area contributed by atoms with E-state index >= 15 is 0 Å². The van der Waals surface area contributed by atoms with Crippen LogP contribution in [0.15, 0.2) is 30.3 Å². The van der Waals surface area contributed by atoms with E-state index in [9.17, 15) is 9.90 Å². The number of nitrogens with two attached hydrogens (primary N) is 1. The lowest BCUT2D eigenvalue weighted by Gasteiger charge is -2.28. The Morgan fingerprint density at radius 2 is 1.95 bits per heavy atom. The second-order valence-corrected chi connectivity index (χ2v) is 4.67. The van der Waals surface area contributed by atoms with Gasteiger partial charge in [0.2, 0.25) is 0 Å². The molecule has 0 heterocycles. The average Bonchev–Trinajstić information content (AvgIpc) is 2.47. The molecule has 0 radical (unpaired) electrons. The molecule has 0 saturated carbocycles. The van der Waals surface area contributed by atoms with Gasteiger partial charge >= 0.3 is 5.97 Å². The zero-order valence-corrected chi connectivity index (χ0v) is 11.9. The van der Waals surface area contributed by atoms with Crippen molar-refractivity contribution in [2.45, 2.75) is 18.3 Å². The minimum Gasteiger partial charge on any atom is -0.481 e. The zero-order valence-electron chi connectivity index (χ0n) is 11.9. The van der Waals surface area contributed by atoms with Crippen LogP contribution in [-0.4, -0.2) is 44.6 Å². The minimum absolute atomic E-state index is 0.0738. The Morgan fingerprint density at radius 1 is 1.25 bits per heavy atom. The second kappa shape index (κ2) is 8.68. The van der Waals surface area contributed by atoms with Gasteiger partial charge in [-0.05, 0) is 18.4 Å². The quantitative estimate of drug-likeness (QED) is 0.634. The summed E-state index contributed by atoms with van der Waals surface area (Å²) in [6, 6.07) is 9.15. The maximum atomic E-state index is 11.7. The normalized spacial score (nSPS) is 13.9. The van der Waals surface area contributed by atoms with Crippen molar-refractivity contribution >= 4 is 5.97 Å². The van der Waals surface area contributed by atoms with E-state index in [2.05, 4.69) is 0 Å². The number of benzene rings is 1. The molecule has 0 aromatic heterocycles. The Bertz CT molecular complexity index is 396. The molecule has 0 aliphatic heterocycles. The first-order valence-electron chi connectivity index (χ1n) is 6.73. The summed E-state index contributed by atoms with van der Waals surface area (Å²) >= 11 is 0. The van der Waals surface area contributed by atoms with Crippen LogP contribution in [0.2, 0.25) is 0 Å². The van der Waals surface area contributed by atoms with Crippen LogP contribution in [0.3, 0.4) is 0 Å². The molecule has 112 valence electrons. The molecule has 0 amide bonds. The molecule has 5 heteroatoms. The Balaban J connectivity index is 2.64. The first kappa shape index (κ1) is 16.6. The number of carboxylic acid groups (broad SMARTS) is 1. The first-order chi connectivity index (χ1) is 9.67. The molecule has 1 aromatic carbocycles. The molecule has 0 bridgehead atoms. The lowest BCUT2D eigenvalue weighted by molar-refractivity contribution is -0.144. The van der Waals surface area contributed by atoms with Gasteiger partial charge in [0.25, 0.3) is 0 Å². The summed E-state index contributed by atoms with van der Waals surface area (Å²) in [6.45, 7) is 1.64. The molecule has 3 N–H and O–H groups in total. The van der Waals surface area contributed by atoms with Gasteiger partial charge in [-0.2, -0.15) is 0 Å². The number of hydrogen-bond acceptors (Lipinski definition) is 4. The molecule has 5 nitrogen and oxygen atoms in total. The molecule has 1 unspecified atom stereocenters. The lowest BCUT2D eigenvalue weighted by atomic mass is 9.77. The molecule has 0 fully saturated rings. The summed E-state index contributed by atoms with van der Waals surface area (Å²) in [5.74, 6) is -0.886. The summed E-state index contributed by atoms with van der Waals surface area (Å²) in [4.78, 5) is 11.7. The van der Waals surface area contributed by atoms with Crippen molar-refractivity contribution in [2.75, 3.05) is 33.5 Å². The standard InChI is InChI=1S/C15H23NO4/c1-19-10-11-20-9-5-8-15(12-16,14(17)18)13-6-3-2-4-7-13/h2-4,6-7H,5,8-12,16H2,1H3,(H,17,18). The van der Waals surface area contributed by atoms with Crippen LogP contribution in [0.4, 0.5) is 0 Å². The molecule has 1 aromatic rings. The van der Waals surface area contributed by atoms with Crippen LogP contribution in [0, 0.1) is 0 Å². The molecule has 0 aliphatic carbocycles.